The van der Waals surface area contributed by atoms with Crippen LogP contribution < -0.4 is 0 Å². The molecule has 0 amide bonds. The highest BCUT2D eigenvalue weighted by Gasteiger charge is 2.35. The lowest BCUT2D eigenvalue weighted by Gasteiger charge is -2.12. The summed E-state index contributed by atoms with van der Waals surface area (Å²) in [5.74, 6) is 1.99. The summed E-state index contributed by atoms with van der Waals surface area (Å²) in [6.07, 6.45) is 0.800. The van der Waals surface area contributed by atoms with Gasteiger partial charge in [-0.1, -0.05) is 25.9 Å². The number of carbonyl (C=O) groups is 1. The minimum atomic E-state index is -0.131. The standard InChI is InChI=1S/C14H23N3O3/c1-9(2)5-13-15-12(16-20-13)8-17-6-10(3)11(7-17)14(18)19-4/h9-11H,5-8H2,1-4H3. The molecular weight excluding hydrogens is 258 g/mol. The van der Waals surface area contributed by atoms with Crippen LogP contribution in [0.3, 0.4) is 0 Å². The number of aromatic nitrogens is 2. The molecule has 0 spiro atoms. The van der Waals surface area contributed by atoms with Crippen LogP contribution >= 0.6 is 0 Å². The largest absolute Gasteiger partial charge is 0.469 e. The van der Waals surface area contributed by atoms with Crippen molar-refractivity contribution in [2.24, 2.45) is 17.8 Å². The summed E-state index contributed by atoms with van der Waals surface area (Å²) in [7, 11) is 1.44. The first-order valence-corrected chi connectivity index (χ1v) is 7.11. The predicted octanol–water partition coefficient (Wildman–Crippen LogP) is 1.51. The summed E-state index contributed by atoms with van der Waals surface area (Å²) < 4.78 is 10.1. The van der Waals surface area contributed by atoms with E-state index in [4.69, 9.17) is 9.26 Å². The van der Waals surface area contributed by atoms with Crippen molar-refractivity contribution in [3.8, 4) is 0 Å². The van der Waals surface area contributed by atoms with Crippen LogP contribution in [0, 0.1) is 17.8 Å². The van der Waals surface area contributed by atoms with E-state index in [0.717, 1.165) is 13.0 Å². The van der Waals surface area contributed by atoms with Crippen LogP contribution in [0.25, 0.3) is 0 Å². The first kappa shape index (κ1) is 15.0. The topological polar surface area (TPSA) is 68.5 Å². The first-order chi connectivity index (χ1) is 9.49. The Balaban J connectivity index is 1.91. The number of hydrogen-bond donors (Lipinski definition) is 0. The highest BCUT2D eigenvalue weighted by molar-refractivity contribution is 5.73. The number of likely N-dealkylation sites (tertiary alicyclic amines) is 1. The van der Waals surface area contributed by atoms with Crippen molar-refractivity contribution in [2.45, 2.75) is 33.7 Å². The second-order valence-electron chi connectivity index (χ2n) is 6.00. The molecule has 2 rings (SSSR count). The smallest absolute Gasteiger partial charge is 0.310 e. The van der Waals surface area contributed by atoms with Crippen molar-refractivity contribution in [2.75, 3.05) is 20.2 Å². The molecule has 1 aliphatic heterocycles. The van der Waals surface area contributed by atoms with Gasteiger partial charge in [0, 0.05) is 19.5 Å². The predicted molar refractivity (Wildman–Crippen MR) is 72.8 cm³/mol. The van der Waals surface area contributed by atoms with Crippen molar-refractivity contribution in [3.63, 3.8) is 0 Å². The average Bonchev–Trinajstić information content (AvgIpc) is 2.95. The van der Waals surface area contributed by atoms with Gasteiger partial charge in [-0.15, -0.1) is 0 Å². The molecule has 0 bridgehead atoms. The lowest BCUT2D eigenvalue weighted by Crippen LogP contribution is -2.24. The molecule has 0 aromatic carbocycles. The number of hydrogen-bond acceptors (Lipinski definition) is 6. The van der Waals surface area contributed by atoms with Gasteiger partial charge in [0.1, 0.15) is 0 Å². The zero-order chi connectivity index (χ0) is 14.7. The zero-order valence-electron chi connectivity index (χ0n) is 12.6. The molecule has 112 valence electrons. The van der Waals surface area contributed by atoms with Gasteiger partial charge < -0.3 is 9.26 Å². The van der Waals surface area contributed by atoms with Gasteiger partial charge in [-0.25, -0.2) is 0 Å². The molecule has 2 heterocycles. The van der Waals surface area contributed by atoms with Crippen LogP contribution in [0.1, 0.15) is 32.5 Å². The molecule has 1 aromatic heterocycles. The molecule has 0 radical (unpaired) electrons. The van der Waals surface area contributed by atoms with E-state index in [1.807, 2.05) is 0 Å². The van der Waals surface area contributed by atoms with Gasteiger partial charge in [0.05, 0.1) is 19.6 Å². The third kappa shape index (κ3) is 3.56. The molecule has 20 heavy (non-hydrogen) atoms. The number of rotatable bonds is 5. The number of methoxy groups -OCH3 is 1. The Bertz CT molecular complexity index is 458. The quantitative estimate of drug-likeness (QED) is 0.762. The van der Waals surface area contributed by atoms with E-state index in [1.165, 1.54) is 7.11 Å². The molecule has 1 aromatic rings. The van der Waals surface area contributed by atoms with E-state index in [0.29, 0.717) is 36.6 Å². The van der Waals surface area contributed by atoms with E-state index >= 15 is 0 Å². The van der Waals surface area contributed by atoms with Crippen LogP contribution in [-0.2, 0) is 22.5 Å². The van der Waals surface area contributed by atoms with Crippen molar-refractivity contribution < 1.29 is 14.1 Å². The Morgan fingerprint density at radius 2 is 2.25 bits per heavy atom. The van der Waals surface area contributed by atoms with Crippen molar-refractivity contribution in [1.82, 2.24) is 15.0 Å². The van der Waals surface area contributed by atoms with Gasteiger partial charge in [0.25, 0.3) is 0 Å². The molecule has 6 heteroatoms. The Morgan fingerprint density at radius 1 is 1.50 bits per heavy atom. The summed E-state index contributed by atoms with van der Waals surface area (Å²) in [5.41, 5.74) is 0. The maximum Gasteiger partial charge on any atom is 0.310 e. The third-order valence-corrected chi connectivity index (χ3v) is 3.65. The van der Waals surface area contributed by atoms with Crippen LogP contribution in [0.5, 0.6) is 0 Å². The van der Waals surface area contributed by atoms with E-state index in [1.54, 1.807) is 0 Å². The first-order valence-electron chi connectivity index (χ1n) is 7.11. The molecule has 0 aliphatic carbocycles. The lowest BCUT2D eigenvalue weighted by atomic mass is 9.99. The summed E-state index contributed by atoms with van der Waals surface area (Å²) >= 11 is 0. The van der Waals surface area contributed by atoms with Gasteiger partial charge in [0.2, 0.25) is 5.89 Å². The SMILES string of the molecule is COC(=O)C1CN(Cc2noc(CC(C)C)n2)CC1C. The average molecular weight is 281 g/mol. The number of nitrogens with zero attached hydrogens (tertiary/aromatic N) is 3. The van der Waals surface area contributed by atoms with Crippen molar-refractivity contribution >= 4 is 5.97 Å². The monoisotopic (exact) mass is 281 g/mol. The molecule has 6 nitrogen and oxygen atoms in total. The fourth-order valence-corrected chi connectivity index (χ4v) is 2.64. The van der Waals surface area contributed by atoms with Gasteiger partial charge >= 0.3 is 5.97 Å². The van der Waals surface area contributed by atoms with Crippen LogP contribution in [0.4, 0.5) is 0 Å². The summed E-state index contributed by atoms with van der Waals surface area (Å²) in [6, 6.07) is 0. The van der Waals surface area contributed by atoms with E-state index in [2.05, 4.69) is 35.8 Å². The normalized spacial score (nSPS) is 23.4. The number of carbonyl (C=O) groups excluding carboxylic acids is 1. The highest BCUT2D eigenvalue weighted by Crippen LogP contribution is 2.25. The number of ether oxygens (including phenoxy) is 1. The van der Waals surface area contributed by atoms with Gasteiger partial charge in [-0.2, -0.15) is 4.98 Å². The molecule has 2 unspecified atom stereocenters. The maximum atomic E-state index is 11.6. The molecular formula is C14H23N3O3. The zero-order valence-corrected chi connectivity index (χ0v) is 12.6. The second-order valence-corrected chi connectivity index (χ2v) is 6.00. The minimum absolute atomic E-state index is 0.0537. The minimum Gasteiger partial charge on any atom is -0.469 e. The Hall–Kier alpha value is -1.43. The maximum absolute atomic E-state index is 11.6. The highest BCUT2D eigenvalue weighted by atomic mass is 16.5. The Labute approximate surface area is 119 Å². The van der Waals surface area contributed by atoms with Crippen LogP contribution in [0.2, 0.25) is 0 Å². The fraction of sp³-hybridized carbons (Fsp3) is 0.786. The van der Waals surface area contributed by atoms with Crippen molar-refractivity contribution in [1.29, 1.82) is 0 Å². The summed E-state index contributed by atoms with van der Waals surface area (Å²) in [6.45, 7) is 8.48. The molecule has 1 fully saturated rings. The van der Waals surface area contributed by atoms with Crippen molar-refractivity contribution in [3.05, 3.63) is 11.7 Å². The molecule has 1 saturated heterocycles. The van der Waals surface area contributed by atoms with Crippen LogP contribution in [-0.4, -0.2) is 41.2 Å². The number of esters is 1. The van der Waals surface area contributed by atoms with E-state index in [9.17, 15) is 4.79 Å². The molecule has 1 aliphatic rings. The van der Waals surface area contributed by atoms with E-state index in [-0.39, 0.29) is 11.9 Å². The fourth-order valence-electron chi connectivity index (χ4n) is 2.64. The Kier molecular flexibility index (Phi) is 4.75. The van der Waals surface area contributed by atoms with Gasteiger partial charge in [-0.05, 0) is 11.8 Å². The van der Waals surface area contributed by atoms with E-state index < -0.39 is 0 Å². The summed E-state index contributed by atoms with van der Waals surface area (Å²) in [4.78, 5) is 18.2. The Morgan fingerprint density at radius 3 is 2.90 bits per heavy atom. The second kappa shape index (κ2) is 6.35. The lowest BCUT2D eigenvalue weighted by molar-refractivity contribution is -0.146. The third-order valence-electron chi connectivity index (χ3n) is 3.65. The van der Waals surface area contributed by atoms with Crippen LogP contribution in [0.15, 0.2) is 4.52 Å². The molecule has 0 N–H and O–H groups in total. The molecule has 2 atom stereocenters. The summed E-state index contributed by atoms with van der Waals surface area (Å²) in [5, 5.41) is 4.00. The molecule has 0 saturated carbocycles. The van der Waals surface area contributed by atoms with Gasteiger partial charge in [-0.3, -0.25) is 9.69 Å². The van der Waals surface area contributed by atoms with Gasteiger partial charge in [0.15, 0.2) is 5.82 Å².